The maximum Gasteiger partial charge on any atom is 0.0448 e. The second-order valence-corrected chi connectivity index (χ2v) is 5.80. The number of hydrogen-bond donors (Lipinski definition) is 0. The summed E-state index contributed by atoms with van der Waals surface area (Å²) in [5.41, 5.74) is 1.41. The Morgan fingerprint density at radius 2 is 1.53 bits per heavy atom. The molecule has 0 spiro atoms. The zero-order chi connectivity index (χ0) is 11.4. The van der Waals surface area contributed by atoms with E-state index in [1.54, 1.807) is 0 Å². The van der Waals surface area contributed by atoms with Gasteiger partial charge in [-0.2, -0.15) is 0 Å². The summed E-state index contributed by atoms with van der Waals surface area (Å²) in [4.78, 5) is 5.63. The van der Waals surface area contributed by atoms with Crippen molar-refractivity contribution >= 4 is 22.7 Å². The molecule has 0 saturated carbocycles. The Labute approximate surface area is 101 Å². The van der Waals surface area contributed by atoms with Crippen molar-refractivity contribution in [2.45, 2.75) is 34.6 Å². The summed E-state index contributed by atoms with van der Waals surface area (Å²) in [6.07, 6.45) is 0. The Bertz CT molecular complexity index is 402. The summed E-state index contributed by atoms with van der Waals surface area (Å²) < 4.78 is 0. The van der Waals surface area contributed by atoms with Crippen LogP contribution >= 0.6 is 22.7 Å². The maximum absolute atomic E-state index is 2.28. The second-order valence-electron chi connectivity index (χ2n) is 3.26. The molecule has 0 aliphatic heterocycles. The van der Waals surface area contributed by atoms with Gasteiger partial charge in [0.15, 0.2) is 0 Å². The van der Waals surface area contributed by atoms with Crippen LogP contribution in [-0.4, -0.2) is 0 Å². The molecule has 2 rings (SSSR count). The van der Waals surface area contributed by atoms with Crippen molar-refractivity contribution in [2.75, 3.05) is 0 Å². The van der Waals surface area contributed by atoms with E-state index in [0.29, 0.717) is 0 Å². The van der Waals surface area contributed by atoms with Crippen molar-refractivity contribution in [3.8, 4) is 9.75 Å². The highest BCUT2D eigenvalue weighted by Gasteiger charge is 2.05. The molecule has 0 nitrogen and oxygen atoms in total. The summed E-state index contributed by atoms with van der Waals surface area (Å²) >= 11 is 3.76. The third kappa shape index (κ3) is 2.93. The van der Waals surface area contributed by atoms with Crippen LogP contribution in [0.25, 0.3) is 9.75 Å². The molecule has 2 aromatic rings. The Hall–Kier alpha value is -0.600. The second kappa shape index (κ2) is 5.47. The largest absolute Gasteiger partial charge is 0.140 e. The first-order valence-electron chi connectivity index (χ1n) is 5.30. The molecule has 2 heterocycles. The molecule has 0 N–H and O–H groups in total. The van der Waals surface area contributed by atoms with E-state index in [1.807, 2.05) is 36.5 Å². The summed E-state index contributed by atoms with van der Waals surface area (Å²) in [7, 11) is 0. The molecule has 0 amide bonds. The Balaban J connectivity index is 0.000000531. The fraction of sp³-hybridized carbons (Fsp3) is 0.385. The third-order valence-electron chi connectivity index (χ3n) is 2.15. The van der Waals surface area contributed by atoms with Crippen LogP contribution in [0.15, 0.2) is 18.2 Å². The molecule has 82 valence electrons. The lowest BCUT2D eigenvalue weighted by Gasteiger charge is -1.87. The Morgan fingerprint density at radius 3 is 1.93 bits per heavy atom. The summed E-state index contributed by atoms with van der Waals surface area (Å²) in [6, 6.07) is 6.68. The van der Waals surface area contributed by atoms with Crippen molar-refractivity contribution in [3.63, 3.8) is 0 Å². The summed E-state index contributed by atoms with van der Waals surface area (Å²) in [5.74, 6) is 0. The van der Waals surface area contributed by atoms with Crippen molar-refractivity contribution in [2.24, 2.45) is 0 Å². The van der Waals surface area contributed by atoms with Crippen LogP contribution in [0.5, 0.6) is 0 Å². The van der Waals surface area contributed by atoms with Gasteiger partial charge in [-0.1, -0.05) is 13.8 Å². The molecule has 2 heteroatoms. The Kier molecular flexibility index (Phi) is 4.55. The summed E-state index contributed by atoms with van der Waals surface area (Å²) in [5, 5.41) is 0. The van der Waals surface area contributed by atoms with E-state index in [0.717, 1.165) is 0 Å². The normalized spacial score (nSPS) is 9.67. The minimum absolute atomic E-state index is 1.39. The molecule has 2 aromatic heterocycles. The van der Waals surface area contributed by atoms with E-state index in [4.69, 9.17) is 0 Å². The van der Waals surface area contributed by atoms with Crippen molar-refractivity contribution in [3.05, 3.63) is 33.5 Å². The molecule has 0 atom stereocenters. The maximum atomic E-state index is 2.28. The zero-order valence-electron chi connectivity index (χ0n) is 10.0. The first kappa shape index (κ1) is 12.5. The molecule has 0 fully saturated rings. The molecule has 0 radical (unpaired) electrons. The third-order valence-corrected chi connectivity index (χ3v) is 4.50. The highest BCUT2D eigenvalue weighted by molar-refractivity contribution is 7.22. The van der Waals surface area contributed by atoms with Crippen LogP contribution < -0.4 is 0 Å². The highest BCUT2D eigenvalue weighted by Crippen LogP contribution is 2.34. The van der Waals surface area contributed by atoms with Gasteiger partial charge < -0.3 is 0 Å². The first-order valence-corrected chi connectivity index (χ1v) is 6.94. The fourth-order valence-electron chi connectivity index (χ4n) is 1.26. The quantitative estimate of drug-likeness (QED) is 0.621. The van der Waals surface area contributed by atoms with Crippen molar-refractivity contribution < 1.29 is 0 Å². The molecule has 0 bridgehead atoms. The van der Waals surface area contributed by atoms with E-state index in [2.05, 4.69) is 39.0 Å². The molecule has 0 aliphatic rings. The van der Waals surface area contributed by atoms with E-state index in [-0.39, 0.29) is 0 Å². The van der Waals surface area contributed by atoms with Crippen LogP contribution in [0, 0.1) is 20.8 Å². The van der Waals surface area contributed by atoms with E-state index in [1.165, 1.54) is 25.1 Å². The van der Waals surface area contributed by atoms with Gasteiger partial charge in [0.1, 0.15) is 0 Å². The number of rotatable bonds is 1. The van der Waals surface area contributed by atoms with Gasteiger partial charge in [-0.3, -0.25) is 0 Å². The van der Waals surface area contributed by atoms with Crippen LogP contribution in [-0.2, 0) is 0 Å². The number of thiophene rings is 2. The lowest BCUT2D eigenvalue weighted by molar-refractivity contribution is 1.44. The fourth-order valence-corrected chi connectivity index (χ4v) is 3.24. The summed E-state index contributed by atoms with van der Waals surface area (Å²) in [6.45, 7) is 10.5. The van der Waals surface area contributed by atoms with E-state index >= 15 is 0 Å². The van der Waals surface area contributed by atoms with Gasteiger partial charge in [-0.05, 0) is 44.5 Å². The molecular weight excluding hydrogens is 220 g/mol. The van der Waals surface area contributed by atoms with Gasteiger partial charge in [-0.15, -0.1) is 22.7 Å². The standard InChI is InChI=1S/C11H12S2.C2H6/c1-7-6-11(13-9(7)3)10-5-4-8(2)12-10;1-2/h4-6H,1-3H3;1-2H3. The average molecular weight is 238 g/mol. The van der Waals surface area contributed by atoms with E-state index in [9.17, 15) is 0 Å². The topological polar surface area (TPSA) is 0 Å². The SMILES string of the molecule is CC.Cc1ccc(-c2cc(C)c(C)s2)s1. The van der Waals surface area contributed by atoms with Gasteiger partial charge in [-0.25, -0.2) is 0 Å². The minimum Gasteiger partial charge on any atom is -0.140 e. The van der Waals surface area contributed by atoms with Crippen molar-refractivity contribution in [1.82, 2.24) is 0 Å². The molecule has 15 heavy (non-hydrogen) atoms. The molecule has 0 aliphatic carbocycles. The molecule has 0 aromatic carbocycles. The molecule has 0 unspecified atom stereocenters. The van der Waals surface area contributed by atoms with Gasteiger partial charge in [0.25, 0.3) is 0 Å². The average Bonchev–Trinajstić information content (AvgIpc) is 2.78. The first-order chi connectivity index (χ1) is 7.16. The minimum atomic E-state index is 1.39. The number of hydrogen-bond acceptors (Lipinski definition) is 2. The van der Waals surface area contributed by atoms with Crippen molar-refractivity contribution in [1.29, 1.82) is 0 Å². The molecule has 0 saturated heterocycles. The predicted molar refractivity (Wildman–Crippen MR) is 73.2 cm³/mol. The zero-order valence-corrected chi connectivity index (χ0v) is 11.7. The Morgan fingerprint density at radius 1 is 0.867 bits per heavy atom. The number of aryl methyl sites for hydroxylation is 3. The lowest BCUT2D eigenvalue weighted by Crippen LogP contribution is -1.62. The monoisotopic (exact) mass is 238 g/mol. The predicted octanol–water partition coefficient (Wildman–Crippen LogP) is 5.43. The lowest BCUT2D eigenvalue weighted by atomic mass is 10.2. The van der Waals surface area contributed by atoms with Gasteiger partial charge in [0.2, 0.25) is 0 Å². The van der Waals surface area contributed by atoms with Crippen LogP contribution in [0.3, 0.4) is 0 Å². The van der Waals surface area contributed by atoms with Gasteiger partial charge in [0.05, 0.1) is 0 Å². The van der Waals surface area contributed by atoms with Crippen LogP contribution in [0.2, 0.25) is 0 Å². The molecular formula is C13H18S2. The van der Waals surface area contributed by atoms with Crippen LogP contribution in [0.4, 0.5) is 0 Å². The smallest absolute Gasteiger partial charge is 0.0448 e. The highest BCUT2D eigenvalue weighted by atomic mass is 32.1. The van der Waals surface area contributed by atoms with Gasteiger partial charge in [0, 0.05) is 19.5 Å². The van der Waals surface area contributed by atoms with E-state index < -0.39 is 0 Å². The van der Waals surface area contributed by atoms with Gasteiger partial charge >= 0.3 is 0 Å². The van der Waals surface area contributed by atoms with Crippen LogP contribution in [0.1, 0.15) is 29.2 Å².